The lowest BCUT2D eigenvalue weighted by molar-refractivity contribution is 0.112. The Morgan fingerprint density at radius 1 is 1.27 bits per heavy atom. The first-order valence-corrected chi connectivity index (χ1v) is 6.51. The van der Waals surface area contributed by atoms with Crippen molar-refractivity contribution in [3.05, 3.63) is 52.2 Å². The van der Waals surface area contributed by atoms with E-state index < -0.39 is 0 Å². The largest absolute Gasteiger partial charge is 0.298 e. The van der Waals surface area contributed by atoms with E-state index in [1.807, 2.05) is 24.3 Å². The fourth-order valence-electron chi connectivity index (χ4n) is 1.25. The third kappa shape index (κ3) is 2.70. The molecule has 0 bridgehead atoms. The van der Waals surface area contributed by atoms with E-state index in [0.29, 0.717) is 0 Å². The highest BCUT2D eigenvalue weighted by molar-refractivity contribution is 7.98. The van der Waals surface area contributed by atoms with Gasteiger partial charge in [-0.25, -0.2) is 0 Å². The van der Waals surface area contributed by atoms with Gasteiger partial charge in [0.2, 0.25) is 0 Å². The molecule has 0 saturated carbocycles. The summed E-state index contributed by atoms with van der Waals surface area (Å²) in [4.78, 5) is 11.8. The zero-order valence-corrected chi connectivity index (χ0v) is 9.68. The molecular weight excluding hydrogens is 224 g/mol. The van der Waals surface area contributed by atoms with Gasteiger partial charge in [0, 0.05) is 16.2 Å². The van der Waals surface area contributed by atoms with E-state index in [2.05, 4.69) is 16.8 Å². The topological polar surface area (TPSA) is 17.1 Å². The zero-order valence-electron chi connectivity index (χ0n) is 8.05. The van der Waals surface area contributed by atoms with Crippen LogP contribution in [0.2, 0.25) is 0 Å². The summed E-state index contributed by atoms with van der Waals surface area (Å²) in [6.07, 6.45) is 0.913. The van der Waals surface area contributed by atoms with Gasteiger partial charge >= 0.3 is 0 Å². The molecule has 1 aromatic carbocycles. The lowest BCUT2D eigenvalue weighted by Crippen LogP contribution is -1.84. The van der Waals surface area contributed by atoms with Crippen molar-refractivity contribution in [3.63, 3.8) is 0 Å². The second-order valence-electron chi connectivity index (χ2n) is 3.08. The van der Waals surface area contributed by atoms with Crippen LogP contribution in [0.3, 0.4) is 0 Å². The predicted molar refractivity (Wildman–Crippen MR) is 65.7 cm³/mol. The maximum absolute atomic E-state index is 10.8. The van der Waals surface area contributed by atoms with E-state index in [0.717, 1.165) is 22.5 Å². The lowest BCUT2D eigenvalue weighted by Gasteiger charge is -2.02. The molecular formula is C12H10OS2. The summed E-state index contributed by atoms with van der Waals surface area (Å²) in [5, 5.41) is 4.21. The van der Waals surface area contributed by atoms with Gasteiger partial charge in [0.05, 0.1) is 0 Å². The van der Waals surface area contributed by atoms with E-state index in [1.54, 1.807) is 23.1 Å². The van der Waals surface area contributed by atoms with Gasteiger partial charge < -0.3 is 0 Å². The Kier molecular flexibility index (Phi) is 3.59. The molecule has 1 heterocycles. The first kappa shape index (κ1) is 10.5. The van der Waals surface area contributed by atoms with Crippen molar-refractivity contribution >= 4 is 29.4 Å². The quantitative estimate of drug-likeness (QED) is 0.590. The minimum Gasteiger partial charge on any atom is -0.298 e. The van der Waals surface area contributed by atoms with E-state index in [-0.39, 0.29) is 0 Å². The van der Waals surface area contributed by atoms with Gasteiger partial charge in [-0.05, 0) is 28.5 Å². The van der Waals surface area contributed by atoms with Crippen LogP contribution in [0.15, 0.2) is 46.0 Å². The predicted octanol–water partition coefficient (Wildman–Crippen LogP) is 3.85. The first-order valence-electron chi connectivity index (χ1n) is 4.58. The molecule has 0 aliphatic carbocycles. The third-order valence-electron chi connectivity index (χ3n) is 2.02. The van der Waals surface area contributed by atoms with Crippen molar-refractivity contribution in [2.24, 2.45) is 0 Å². The van der Waals surface area contributed by atoms with Gasteiger partial charge in [0.25, 0.3) is 0 Å². The Bertz CT molecular complexity index is 435. The van der Waals surface area contributed by atoms with Gasteiger partial charge in [-0.1, -0.05) is 18.2 Å². The van der Waals surface area contributed by atoms with Gasteiger partial charge in [0.15, 0.2) is 6.29 Å². The minimum atomic E-state index is 0.776. The Morgan fingerprint density at radius 3 is 2.87 bits per heavy atom. The number of hydrogen-bond donors (Lipinski definition) is 0. The van der Waals surface area contributed by atoms with Gasteiger partial charge in [-0.2, -0.15) is 11.3 Å². The Labute approximate surface area is 97.1 Å². The standard InChI is InChI=1S/C12H10OS2/c13-7-11-3-1-2-4-12(11)15-9-10-5-6-14-8-10/h1-8H,9H2. The molecule has 0 atom stereocenters. The average molecular weight is 234 g/mol. The number of aldehydes is 1. The van der Waals surface area contributed by atoms with E-state index in [1.165, 1.54) is 5.56 Å². The molecule has 0 aliphatic rings. The maximum atomic E-state index is 10.8. The first-order chi connectivity index (χ1) is 7.40. The van der Waals surface area contributed by atoms with Crippen LogP contribution in [-0.4, -0.2) is 6.29 Å². The summed E-state index contributed by atoms with van der Waals surface area (Å²) in [6, 6.07) is 9.80. The van der Waals surface area contributed by atoms with Gasteiger partial charge in [0.1, 0.15) is 0 Å². The van der Waals surface area contributed by atoms with Crippen LogP contribution in [0, 0.1) is 0 Å². The van der Waals surface area contributed by atoms with Crippen LogP contribution in [-0.2, 0) is 5.75 Å². The fourth-order valence-corrected chi connectivity index (χ4v) is 2.98. The summed E-state index contributed by atoms with van der Waals surface area (Å²) < 4.78 is 0. The molecule has 2 aromatic rings. The Hall–Kier alpha value is -1.06. The van der Waals surface area contributed by atoms with E-state index >= 15 is 0 Å². The van der Waals surface area contributed by atoms with Gasteiger partial charge in [-0.3, -0.25) is 4.79 Å². The SMILES string of the molecule is O=Cc1ccccc1SCc1ccsc1. The second kappa shape index (κ2) is 5.14. The number of hydrogen-bond acceptors (Lipinski definition) is 3. The van der Waals surface area contributed by atoms with Crippen LogP contribution in [0.1, 0.15) is 15.9 Å². The van der Waals surface area contributed by atoms with Crippen LogP contribution < -0.4 is 0 Å². The normalized spacial score (nSPS) is 10.1. The van der Waals surface area contributed by atoms with Crippen molar-refractivity contribution in [2.45, 2.75) is 10.6 Å². The zero-order chi connectivity index (χ0) is 10.5. The maximum Gasteiger partial charge on any atom is 0.151 e. The summed E-state index contributed by atoms with van der Waals surface area (Å²) in [7, 11) is 0. The molecule has 0 spiro atoms. The molecule has 0 unspecified atom stereocenters. The van der Waals surface area contributed by atoms with Crippen LogP contribution in [0.5, 0.6) is 0 Å². The molecule has 0 N–H and O–H groups in total. The molecule has 15 heavy (non-hydrogen) atoms. The minimum absolute atomic E-state index is 0.776. The summed E-state index contributed by atoms with van der Waals surface area (Å²) in [6.45, 7) is 0. The Balaban J connectivity index is 2.07. The van der Waals surface area contributed by atoms with Crippen LogP contribution >= 0.6 is 23.1 Å². The van der Waals surface area contributed by atoms with Crippen LogP contribution in [0.25, 0.3) is 0 Å². The van der Waals surface area contributed by atoms with E-state index in [9.17, 15) is 4.79 Å². The number of rotatable bonds is 4. The van der Waals surface area contributed by atoms with E-state index in [4.69, 9.17) is 0 Å². The third-order valence-corrected chi connectivity index (χ3v) is 3.91. The lowest BCUT2D eigenvalue weighted by atomic mass is 10.2. The van der Waals surface area contributed by atoms with Crippen molar-refractivity contribution in [2.75, 3.05) is 0 Å². The molecule has 3 heteroatoms. The van der Waals surface area contributed by atoms with Crippen molar-refractivity contribution in [1.82, 2.24) is 0 Å². The molecule has 0 saturated heterocycles. The molecule has 2 rings (SSSR count). The average Bonchev–Trinajstić information content (AvgIpc) is 2.79. The Morgan fingerprint density at radius 2 is 2.13 bits per heavy atom. The van der Waals surface area contributed by atoms with Crippen molar-refractivity contribution < 1.29 is 4.79 Å². The monoisotopic (exact) mass is 234 g/mol. The second-order valence-corrected chi connectivity index (χ2v) is 4.87. The fraction of sp³-hybridized carbons (Fsp3) is 0.0833. The number of thiophene rings is 1. The molecule has 0 aliphatic heterocycles. The molecule has 76 valence electrons. The molecule has 1 nitrogen and oxygen atoms in total. The summed E-state index contributed by atoms with van der Waals surface area (Å²) in [5.74, 6) is 0.925. The number of carbonyl (C=O) groups is 1. The number of thioether (sulfide) groups is 1. The highest BCUT2D eigenvalue weighted by Crippen LogP contribution is 2.25. The molecule has 1 aromatic heterocycles. The highest BCUT2D eigenvalue weighted by atomic mass is 32.2. The van der Waals surface area contributed by atoms with Crippen molar-refractivity contribution in [1.29, 1.82) is 0 Å². The van der Waals surface area contributed by atoms with Gasteiger partial charge in [-0.15, -0.1) is 11.8 Å². The smallest absolute Gasteiger partial charge is 0.151 e. The van der Waals surface area contributed by atoms with Crippen molar-refractivity contribution in [3.8, 4) is 0 Å². The van der Waals surface area contributed by atoms with Crippen LogP contribution in [0.4, 0.5) is 0 Å². The number of carbonyl (C=O) groups excluding carboxylic acids is 1. The summed E-state index contributed by atoms with van der Waals surface area (Å²) in [5.41, 5.74) is 2.09. The molecule has 0 amide bonds. The summed E-state index contributed by atoms with van der Waals surface area (Å²) >= 11 is 3.41. The molecule has 0 radical (unpaired) electrons. The molecule has 0 fully saturated rings. The highest BCUT2D eigenvalue weighted by Gasteiger charge is 2.01. The number of benzene rings is 1.